The topological polar surface area (TPSA) is 88.3 Å². The standard InChI is InChI=1S/C12H17N3O3/c1-5-6-10(13-7-16)12(4,15-9-18)11(2,3)14-8-17/h10H,5-6H2,1-4H3. The molecule has 0 radical (unpaired) electrons. The molecule has 0 rings (SSSR count). The molecule has 0 heterocycles. The Hall–Kier alpha value is -1.86. The third-order valence-electron chi connectivity index (χ3n) is 3.26. The molecule has 0 aromatic heterocycles. The van der Waals surface area contributed by atoms with Gasteiger partial charge in [0.1, 0.15) is 5.54 Å². The Morgan fingerprint density at radius 1 is 1.00 bits per heavy atom. The number of hydrogen-bond donors (Lipinski definition) is 0. The molecular formula is C12H17N3O3. The molecule has 0 aliphatic rings. The van der Waals surface area contributed by atoms with Gasteiger partial charge in [-0.3, -0.25) is 0 Å². The molecule has 0 aliphatic heterocycles. The van der Waals surface area contributed by atoms with Crippen LogP contribution in [0.25, 0.3) is 0 Å². The summed E-state index contributed by atoms with van der Waals surface area (Å²) in [7, 11) is 0. The number of hydrogen-bond acceptors (Lipinski definition) is 6. The highest BCUT2D eigenvalue weighted by Gasteiger charge is 2.48. The number of carbonyl (C=O) groups excluding carboxylic acids is 3. The lowest BCUT2D eigenvalue weighted by Gasteiger charge is -2.39. The normalized spacial score (nSPS) is 15.3. The molecule has 0 aliphatic carbocycles. The first-order valence-electron chi connectivity index (χ1n) is 5.64. The minimum Gasteiger partial charge on any atom is -0.211 e. The molecule has 6 nitrogen and oxygen atoms in total. The molecule has 0 aromatic rings. The van der Waals surface area contributed by atoms with Gasteiger partial charge in [-0.05, 0) is 27.2 Å². The van der Waals surface area contributed by atoms with E-state index in [0.29, 0.717) is 6.42 Å². The lowest BCUT2D eigenvalue weighted by molar-refractivity contribution is 0.232. The van der Waals surface area contributed by atoms with Crippen molar-refractivity contribution in [1.82, 2.24) is 0 Å². The first kappa shape index (κ1) is 16.1. The first-order valence-corrected chi connectivity index (χ1v) is 5.64. The van der Waals surface area contributed by atoms with Crippen LogP contribution in [0.2, 0.25) is 0 Å². The monoisotopic (exact) mass is 251 g/mol. The lowest BCUT2D eigenvalue weighted by atomic mass is 9.75. The SMILES string of the molecule is CCCC(N=C=O)C(C)(N=C=O)C(C)(C)N=C=O. The maximum absolute atomic E-state index is 10.6. The summed E-state index contributed by atoms with van der Waals surface area (Å²) in [6.07, 6.45) is 5.66. The van der Waals surface area contributed by atoms with Gasteiger partial charge in [-0.1, -0.05) is 13.3 Å². The molecule has 0 N–H and O–H groups in total. The molecule has 0 bridgehead atoms. The van der Waals surface area contributed by atoms with Crippen molar-refractivity contribution in [3.05, 3.63) is 0 Å². The van der Waals surface area contributed by atoms with Crippen molar-refractivity contribution in [3.8, 4) is 0 Å². The van der Waals surface area contributed by atoms with E-state index >= 15 is 0 Å². The second-order valence-corrected chi connectivity index (χ2v) is 4.64. The zero-order chi connectivity index (χ0) is 14.2. The number of isocyanates is 3. The van der Waals surface area contributed by atoms with E-state index in [2.05, 4.69) is 15.0 Å². The van der Waals surface area contributed by atoms with E-state index in [-0.39, 0.29) is 0 Å². The predicted molar refractivity (Wildman–Crippen MR) is 65.5 cm³/mol. The van der Waals surface area contributed by atoms with Gasteiger partial charge in [0.15, 0.2) is 0 Å². The van der Waals surface area contributed by atoms with Crippen LogP contribution in [0.5, 0.6) is 0 Å². The van der Waals surface area contributed by atoms with Gasteiger partial charge in [-0.25, -0.2) is 14.4 Å². The summed E-state index contributed by atoms with van der Waals surface area (Å²) in [6.45, 7) is 6.78. The number of nitrogens with zero attached hydrogens (tertiary/aromatic N) is 3. The van der Waals surface area contributed by atoms with Crippen LogP contribution >= 0.6 is 0 Å². The van der Waals surface area contributed by atoms with Gasteiger partial charge >= 0.3 is 0 Å². The Morgan fingerprint density at radius 3 is 1.94 bits per heavy atom. The van der Waals surface area contributed by atoms with Gasteiger partial charge in [-0.15, -0.1) is 0 Å². The van der Waals surface area contributed by atoms with Crippen molar-refractivity contribution in [3.63, 3.8) is 0 Å². The van der Waals surface area contributed by atoms with Gasteiger partial charge in [0.05, 0.1) is 11.6 Å². The zero-order valence-electron chi connectivity index (χ0n) is 11.1. The smallest absolute Gasteiger partial charge is 0.211 e. The fourth-order valence-electron chi connectivity index (χ4n) is 1.75. The third kappa shape index (κ3) is 3.31. The van der Waals surface area contributed by atoms with Crippen LogP contribution in [0.1, 0.15) is 40.5 Å². The molecule has 18 heavy (non-hydrogen) atoms. The minimum atomic E-state index is -1.14. The Labute approximate surface area is 106 Å². The maximum Gasteiger partial charge on any atom is 0.235 e. The molecule has 0 fully saturated rings. The quantitative estimate of drug-likeness (QED) is 0.509. The molecule has 2 unspecified atom stereocenters. The minimum absolute atomic E-state index is 0.523. The summed E-state index contributed by atoms with van der Waals surface area (Å²) in [4.78, 5) is 42.7. The van der Waals surface area contributed by atoms with Crippen LogP contribution in [0, 0.1) is 0 Å². The highest BCUT2D eigenvalue weighted by atomic mass is 16.1. The Balaban J connectivity index is 5.82. The molecule has 0 amide bonds. The lowest BCUT2D eigenvalue weighted by Crippen LogP contribution is -2.52. The van der Waals surface area contributed by atoms with Gasteiger partial charge in [0, 0.05) is 0 Å². The van der Waals surface area contributed by atoms with Crippen LogP contribution in [0.4, 0.5) is 0 Å². The summed E-state index contributed by atoms with van der Waals surface area (Å²) in [5.74, 6) is 0. The highest BCUT2D eigenvalue weighted by Crippen LogP contribution is 2.35. The first-order chi connectivity index (χ1) is 8.39. The fraction of sp³-hybridized carbons (Fsp3) is 0.750. The number of rotatable bonds is 7. The van der Waals surface area contributed by atoms with Crippen molar-refractivity contribution in [2.75, 3.05) is 0 Å². The average molecular weight is 251 g/mol. The Kier molecular flexibility index (Phi) is 6.07. The molecule has 0 spiro atoms. The molecular weight excluding hydrogens is 234 g/mol. The number of aliphatic imine (C=N–C) groups is 3. The van der Waals surface area contributed by atoms with Crippen molar-refractivity contribution in [1.29, 1.82) is 0 Å². The molecule has 98 valence electrons. The third-order valence-corrected chi connectivity index (χ3v) is 3.26. The van der Waals surface area contributed by atoms with E-state index in [1.807, 2.05) is 6.92 Å². The maximum atomic E-state index is 10.6. The molecule has 2 atom stereocenters. The van der Waals surface area contributed by atoms with Crippen LogP contribution in [0.15, 0.2) is 15.0 Å². The fourth-order valence-corrected chi connectivity index (χ4v) is 1.75. The van der Waals surface area contributed by atoms with E-state index in [9.17, 15) is 14.4 Å². The molecule has 0 aromatic carbocycles. The summed E-state index contributed by atoms with van der Waals surface area (Å²) >= 11 is 0. The second-order valence-electron chi connectivity index (χ2n) is 4.64. The van der Waals surface area contributed by atoms with E-state index in [0.717, 1.165) is 6.42 Å². The van der Waals surface area contributed by atoms with E-state index in [1.165, 1.54) is 18.2 Å². The van der Waals surface area contributed by atoms with Crippen LogP contribution in [-0.4, -0.2) is 35.4 Å². The second kappa shape index (κ2) is 6.77. The highest BCUT2D eigenvalue weighted by molar-refractivity contribution is 5.41. The van der Waals surface area contributed by atoms with Crippen molar-refractivity contribution in [2.24, 2.45) is 15.0 Å². The summed E-state index contributed by atoms with van der Waals surface area (Å²) in [6, 6.07) is -0.589. The van der Waals surface area contributed by atoms with E-state index in [1.54, 1.807) is 20.8 Å². The Bertz CT molecular complexity index is 428. The van der Waals surface area contributed by atoms with Crippen LogP contribution in [-0.2, 0) is 14.4 Å². The van der Waals surface area contributed by atoms with Crippen LogP contribution < -0.4 is 0 Å². The van der Waals surface area contributed by atoms with Gasteiger partial charge in [-0.2, -0.15) is 15.0 Å². The van der Waals surface area contributed by atoms with Crippen molar-refractivity contribution in [2.45, 2.75) is 57.7 Å². The average Bonchev–Trinajstić information content (AvgIpc) is 2.28. The molecule has 6 heteroatoms. The largest absolute Gasteiger partial charge is 0.235 e. The van der Waals surface area contributed by atoms with Crippen molar-refractivity contribution >= 4 is 18.2 Å². The van der Waals surface area contributed by atoms with Crippen LogP contribution in [0.3, 0.4) is 0 Å². The van der Waals surface area contributed by atoms with Gasteiger partial charge in [0.2, 0.25) is 18.2 Å². The van der Waals surface area contributed by atoms with Gasteiger partial charge in [0.25, 0.3) is 0 Å². The Morgan fingerprint density at radius 2 is 1.56 bits per heavy atom. The van der Waals surface area contributed by atoms with Gasteiger partial charge < -0.3 is 0 Å². The zero-order valence-corrected chi connectivity index (χ0v) is 11.1. The molecule has 0 saturated carbocycles. The summed E-state index contributed by atoms with van der Waals surface area (Å²) in [5, 5.41) is 0. The van der Waals surface area contributed by atoms with Crippen molar-refractivity contribution < 1.29 is 14.4 Å². The summed E-state index contributed by atoms with van der Waals surface area (Å²) < 4.78 is 0. The summed E-state index contributed by atoms with van der Waals surface area (Å²) in [5.41, 5.74) is -2.16. The molecule has 0 saturated heterocycles. The predicted octanol–water partition coefficient (Wildman–Crippen LogP) is 1.70. The van der Waals surface area contributed by atoms with E-state index in [4.69, 9.17) is 0 Å². The van der Waals surface area contributed by atoms with E-state index < -0.39 is 17.1 Å².